The van der Waals surface area contributed by atoms with Crippen molar-refractivity contribution in [3.63, 3.8) is 0 Å². The van der Waals surface area contributed by atoms with E-state index in [9.17, 15) is 14.0 Å². The number of ether oxygens (including phenoxy) is 1. The van der Waals surface area contributed by atoms with E-state index in [1.165, 1.54) is 12.1 Å². The number of carbonyl (C=O) groups is 2. The fourth-order valence-corrected chi connectivity index (χ4v) is 3.43. The third-order valence-electron chi connectivity index (χ3n) is 4.94. The molecule has 0 bridgehead atoms. The third kappa shape index (κ3) is 3.25. The zero-order valence-corrected chi connectivity index (χ0v) is 15.3. The Labute approximate surface area is 151 Å². The second-order valence-electron chi connectivity index (χ2n) is 7.00. The Kier molecular flexibility index (Phi) is 4.89. The van der Waals surface area contributed by atoms with Gasteiger partial charge in [0.2, 0.25) is 5.91 Å². The van der Waals surface area contributed by atoms with E-state index in [0.29, 0.717) is 38.3 Å². The first kappa shape index (κ1) is 18.2. The lowest BCUT2D eigenvalue weighted by molar-refractivity contribution is -0.137. The first-order valence-electron chi connectivity index (χ1n) is 8.82. The molecule has 6 nitrogen and oxygen atoms in total. The summed E-state index contributed by atoms with van der Waals surface area (Å²) in [5.41, 5.74) is 0.751. The van der Waals surface area contributed by atoms with Gasteiger partial charge in [0, 0.05) is 43.3 Å². The highest BCUT2D eigenvalue weighted by Crippen LogP contribution is 2.32. The lowest BCUT2D eigenvalue weighted by Gasteiger charge is -2.38. The number of fused-ring (bicyclic) bond motifs is 1. The molecule has 2 aromatic rings. The molecule has 2 heterocycles. The van der Waals surface area contributed by atoms with Crippen LogP contribution in [0.4, 0.5) is 9.18 Å². The van der Waals surface area contributed by atoms with Crippen LogP contribution in [0.1, 0.15) is 26.3 Å². The minimum absolute atomic E-state index is 0.00812. The summed E-state index contributed by atoms with van der Waals surface area (Å²) in [6.45, 7) is 7.72. The number of nitrogens with one attached hydrogen (secondary N) is 1. The quantitative estimate of drug-likeness (QED) is 0.914. The van der Waals surface area contributed by atoms with E-state index in [1.807, 2.05) is 13.8 Å². The second kappa shape index (κ2) is 6.97. The van der Waals surface area contributed by atoms with Crippen LogP contribution in [0.25, 0.3) is 10.9 Å². The van der Waals surface area contributed by atoms with Crippen molar-refractivity contribution in [2.45, 2.75) is 26.2 Å². The van der Waals surface area contributed by atoms with Crippen LogP contribution in [0, 0.1) is 5.82 Å². The minimum atomic E-state index is -0.762. The first-order valence-corrected chi connectivity index (χ1v) is 8.82. The van der Waals surface area contributed by atoms with Gasteiger partial charge in [0.05, 0.1) is 12.0 Å². The number of halogens is 1. The van der Waals surface area contributed by atoms with Gasteiger partial charge in [-0.1, -0.05) is 0 Å². The highest BCUT2D eigenvalue weighted by Gasteiger charge is 2.37. The number of benzene rings is 1. The Balaban J connectivity index is 1.75. The van der Waals surface area contributed by atoms with Gasteiger partial charge in [-0.25, -0.2) is 9.18 Å². The van der Waals surface area contributed by atoms with Crippen LogP contribution in [0.3, 0.4) is 0 Å². The first-order chi connectivity index (χ1) is 12.3. The van der Waals surface area contributed by atoms with Crippen LogP contribution in [-0.4, -0.2) is 59.6 Å². The summed E-state index contributed by atoms with van der Waals surface area (Å²) < 4.78 is 18.4. The van der Waals surface area contributed by atoms with Gasteiger partial charge in [0.25, 0.3) is 0 Å². The summed E-state index contributed by atoms with van der Waals surface area (Å²) in [6.07, 6.45) is 1.44. The zero-order chi connectivity index (χ0) is 18.9. The molecular weight excluding hydrogens is 337 g/mol. The van der Waals surface area contributed by atoms with E-state index in [2.05, 4.69) is 4.98 Å². The molecule has 7 heteroatoms. The SMILES string of the molecule is CCOC(=O)N1CCN(C(=O)C(C)(C)c2c[nH]c3cc(F)ccc23)CC1. The van der Waals surface area contributed by atoms with Crippen LogP contribution < -0.4 is 0 Å². The Bertz CT molecular complexity index is 823. The van der Waals surface area contributed by atoms with Gasteiger partial charge in [0.15, 0.2) is 0 Å². The van der Waals surface area contributed by atoms with E-state index < -0.39 is 5.41 Å². The van der Waals surface area contributed by atoms with Crippen molar-refractivity contribution in [3.05, 3.63) is 35.8 Å². The molecule has 26 heavy (non-hydrogen) atoms. The summed E-state index contributed by atoms with van der Waals surface area (Å²) in [6, 6.07) is 4.53. The van der Waals surface area contributed by atoms with Gasteiger partial charge in [-0.05, 0) is 44.5 Å². The third-order valence-corrected chi connectivity index (χ3v) is 4.94. The fourth-order valence-electron chi connectivity index (χ4n) is 3.43. The summed E-state index contributed by atoms with van der Waals surface area (Å²) in [4.78, 5) is 31.4. The molecule has 0 saturated carbocycles. The number of nitrogens with zero attached hydrogens (tertiary/aromatic N) is 2. The van der Waals surface area contributed by atoms with Crippen LogP contribution in [0.15, 0.2) is 24.4 Å². The van der Waals surface area contributed by atoms with Crippen LogP contribution in [0.2, 0.25) is 0 Å². The predicted octanol–water partition coefficient (Wildman–Crippen LogP) is 2.89. The number of aromatic nitrogens is 1. The molecule has 0 aliphatic carbocycles. The molecule has 1 N–H and O–H groups in total. The molecule has 2 amide bonds. The van der Waals surface area contributed by atoms with E-state index in [-0.39, 0.29) is 17.8 Å². The van der Waals surface area contributed by atoms with Crippen molar-refractivity contribution in [3.8, 4) is 0 Å². The molecule has 1 fully saturated rings. The van der Waals surface area contributed by atoms with Gasteiger partial charge in [0.1, 0.15) is 5.82 Å². The molecule has 1 aliphatic heterocycles. The second-order valence-corrected chi connectivity index (χ2v) is 7.00. The van der Waals surface area contributed by atoms with Crippen molar-refractivity contribution in [1.82, 2.24) is 14.8 Å². The van der Waals surface area contributed by atoms with Crippen molar-refractivity contribution in [1.29, 1.82) is 0 Å². The molecule has 140 valence electrons. The molecule has 1 aliphatic rings. The van der Waals surface area contributed by atoms with Crippen molar-refractivity contribution in [2.75, 3.05) is 32.8 Å². The maximum atomic E-state index is 13.4. The zero-order valence-electron chi connectivity index (χ0n) is 15.3. The van der Waals surface area contributed by atoms with Crippen LogP contribution in [0.5, 0.6) is 0 Å². The summed E-state index contributed by atoms with van der Waals surface area (Å²) in [5.74, 6) is -0.323. The van der Waals surface area contributed by atoms with E-state index in [1.54, 1.807) is 29.0 Å². The molecule has 0 atom stereocenters. The van der Waals surface area contributed by atoms with Crippen molar-refractivity contribution >= 4 is 22.9 Å². The lowest BCUT2D eigenvalue weighted by Crippen LogP contribution is -2.54. The smallest absolute Gasteiger partial charge is 0.409 e. The topological polar surface area (TPSA) is 65.6 Å². The molecule has 1 saturated heterocycles. The number of hydrogen-bond donors (Lipinski definition) is 1. The lowest BCUT2D eigenvalue weighted by atomic mass is 9.82. The van der Waals surface area contributed by atoms with E-state index >= 15 is 0 Å². The Morgan fingerprint density at radius 3 is 2.50 bits per heavy atom. The number of aromatic amines is 1. The van der Waals surface area contributed by atoms with Crippen molar-refractivity contribution < 1.29 is 18.7 Å². The average molecular weight is 361 g/mol. The Morgan fingerprint density at radius 1 is 1.19 bits per heavy atom. The van der Waals surface area contributed by atoms with Gasteiger partial charge < -0.3 is 19.5 Å². The van der Waals surface area contributed by atoms with Crippen LogP contribution in [-0.2, 0) is 14.9 Å². The standard InChI is InChI=1S/C19H24FN3O3/c1-4-26-18(25)23-9-7-22(8-10-23)17(24)19(2,3)15-12-21-16-11-13(20)5-6-14(15)16/h5-6,11-12,21H,4,7-10H2,1-3H3. The molecule has 0 unspecified atom stereocenters. The summed E-state index contributed by atoms with van der Waals surface area (Å²) in [7, 11) is 0. The molecule has 3 rings (SSSR count). The highest BCUT2D eigenvalue weighted by atomic mass is 19.1. The normalized spacial score (nSPS) is 15.4. The number of amides is 2. The maximum absolute atomic E-state index is 13.4. The van der Waals surface area contributed by atoms with Gasteiger partial charge in [-0.3, -0.25) is 4.79 Å². The maximum Gasteiger partial charge on any atom is 0.409 e. The predicted molar refractivity (Wildman–Crippen MR) is 96.5 cm³/mol. The molecule has 0 radical (unpaired) electrons. The number of rotatable bonds is 3. The average Bonchev–Trinajstić information content (AvgIpc) is 3.05. The van der Waals surface area contributed by atoms with E-state index in [4.69, 9.17) is 4.74 Å². The van der Waals surface area contributed by atoms with E-state index in [0.717, 1.165) is 10.9 Å². The van der Waals surface area contributed by atoms with Crippen molar-refractivity contribution in [2.24, 2.45) is 0 Å². The van der Waals surface area contributed by atoms with Gasteiger partial charge >= 0.3 is 6.09 Å². The number of H-pyrrole nitrogens is 1. The Hall–Kier alpha value is -2.57. The number of carbonyl (C=O) groups excluding carboxylic acids is 2. The molecule has 1 aromatic heterocycles. The minimum Gasteiger partial charge on any atom is -0.450 e. The summed E-state index contributed by atoms with van der Waals surface area (Å²) >= 11 is 0. The van der Waals surface area contributed by atoms with Gasteiger partial charge in [-0.15, -0.1) is 0 Å². The molecular formula is C19H24FN3O3. The molecule has 0 spiro atoms. The van der Waals surface area contributed by atoms with Gasteiger partial charge in [-0.2, -0.15) is 0 Å². The fraction of sp³-hybridized carbons (Fsp3) is 0.474. The Morgan fingerprint density at radius 2 is 1.85 bits per heavy atom. The highest BCUT2D eigenvalue weighted by molar-refractivity contribution is 5.94. The molecule has 1 aromatic carbocycles. The largest absolute Gasteiger partial charge is 0.450 e. The summed E-state index contributed by atoms with van der Waals surface area (Å²) in [5, 5.41) is 0.843. The number of hydrogen-bond acceptors (Lipinski definition) is 3. The van der Waals surface area contributed by atoms with Crippen LogP contribution >= 0.6 is 0 Å². The monoisotopic (exact) mass is 361 g/mol. The number of piperazine rings is 1.